The van der Waals surface area contributed by atoms with Crippen molar-refractivity contribution in [3.63, 3.8) is 0 Å². The molecule has 114 valence electrons. The fraction of sp³-hybridized carbons (Fsp3) is 0.385. The van der Waals surface area contributed by atoms with Crippen molar-refractivity contribution in [3.8, 4) is 0 Å². The molecule has 1 unspecified atom stereocenters. The van der Waals surface area contributed by atoms with E-state index in [4.69, 9.17) is 5.11 Å². The Morgan fingerprint density at radius 2 is 1.95 bits per heavy atom. The van der Waals surface area contributed by atoms with Gasteiger partial charge in [-0.05, 0) is 30.5 Å². The highest BCUT2D eigenvalue weighted by Crippen LogP contribution is 2.28. The number of aliphatic imine (C=N–C) groups is 1. The lowest BCUT2D eigenvalue weighted by Crippen LogP contribution is -2.41. The zero-order valence-corrected chi connectivity index (χ0v) is 12.7. The van der Waals surface area contributed by atoms with Crippen molar-refractivity contribution in [2.45, 2.75) is 37.6 Å². The molecule has 8 heteroatoms. The number of rotatable bonds is 3. The van der Waals surface area contributed by atoms with Crippen LogP contribution in [-0.2, 0) is 14.8 Å². The molecule has 1 heterocycles. The molecule has 0 saturated heterocycles. The summed E-state index contributed by atoms with van der Waals surface area (Å²) in [5.74, 6) is -1.02. The smallest absolute Gasteiger partial charge is 0.328 e. The third kappa shape index (κ3) is 3.15. The minimum Gasteiger partial charge on any atom is -0.480 e. The van der Waals surface area contributed by atoms with Gasteiger partial charge in [0.1, 0.15) is 10.9 Å². The number of fused-ring (bicyclic) bond motifs is 1. The number of nitrogens with one attached hydrogen (secondary N) is 2. The van der Waals surface area contributed by atoms with Crippen LogP contribution in [-0.4, -0.2) is 31.5 Å². The topological polar surface area (TPSA) is 108 Å². The summed E-state index contributed by atoms with van der Waals surface area (Å²) in [5.41, 5.74) is 1.29. The Labute approximate surface area is 123 Å². The maximum atomic E-state index is 12.2. The molecule has 1 atom stereocenters. The lowest BCUT2D eigenvalue weighted by molar-refractivity contribution is -0.137. The number of benzene rings is 1. The summed E-state index contributed by atoms with van der Waals surface area (Å²) in [6, 6.07) is 4.04. The summed E-state index contributed by atoms with van der Waals surface area (Å²) in [5, 5.41) is 11.6. The van der Waals surface area contributed by atoms with E-state index >= 15 is 0 Å². The monoisotopic (exact) mass is 311 g/mol. The number of hydrogen-bond acceptors (Lipinski definition) is 4. The van der Waals surface area contributed by atoms with Gasteiger partial charge in [0.15, 0.2) is 0 Å². The standard InChI is InChI=1S/C13H17N3O4S/c1-7(2)9-4-5-10-11(6-9)21(19,20)16-13(15-10)14-8(3)12(17)18/h4-8H,1-3H3,(H,17,18)(H2,14,15,16). The van der Waals surface area contributed by atoms with Gasteiger partial charge in [0.05, 0.1) is 5.69 Å². The molecule has 1 aromatic rings. The van der Waals surface area contributed by atoms with Crippen LogP contribution >= 0.6 is 0 Å². The zero-order chi connectivity index (χ0) is 15.8. The molecule has 0 fully saturated rings. The van der Waals surface area contributed by atoms with Gasteiger partial charge in [-0.25, -0.2) is 22.9 Å². The number of hydrogen-bond donors (Lipinski definition) is 3. The van der Waals surface area contributed by atoms with Crippen LogP contribution in [0.1, 0.15) is 32.3 Å². The molecule has 0 aliphatic carbocycles. The van der Waals surface area contributed by atoms with Crippen molar-refractivity contribution < 1.29 is 18.3 Å². The number of aliphatic carboxylic acids is 1. The maximum Gasteiger partial charge on any atom is 0.328 e. The van der Waals surface area contributed by atoms with Gasteiger partial charge < -0.3 is 10.4 Å². The summed E-state index contributed by atoms with van der Waals surface area (Å²) in [7, 11) is -3.75. The van der Waals surface area contributed by atoms with Crippen LogP contribution in [0.25, 0.3) is 0 Å². The zero-order valence-electron chi connectivity index (χ0n) is 11.9. The van der Waals surface area contributed by atoms with Crippen molar-refractivity contribution in [2.24, 2.45) is 4.99 Å². The van der Waals surface area contributed by atoms with Gasteiger partial charge in [-0.2, -0.15) is 0 Å². The highest BCUT2D eigenvalue weighted by Gasteiger charge is 2.28. The van der Waals surface area contributed by atoms with Crippen molar-refractivity contribution >= 4 is 27.6 Å². The number of anilines is 1. The minimum absolute atomic E-state index is 0.0882. The van der Waals surface area contributed by atoms with Crippen molar-refractivity contribution in [3.05, 3.63) is 23.8 Å². The van der Waals surface area contributed by atoms with E-state index in [1.807, 2.05) is 19.9 Å². The van der Waals surface area contributed by atoms with E-state index < -0.39 is 22.0 Å². The van der Waals surface area contributed by atoms with Crippen LogP contribution in [0.5, 0.6) is 0 Å². The molecule has 0 aromatic heterocycles. The van der Waals surface area contributed by atoms with Crippen LogP contribution < -0.4 is 10.0 Å². The molecular formula is C13H17N3O4S. The molecule has 1 aliphatic rings. The first-order chi connectivity index (χ1) is 9.70. The summed E-state index contributed by atoms with van der Waals surface area (Å²) in [4.78, 5) is 14.7. The Morgan fingerprint density at radius 3 is 2.52 bits per heavy atom. The second-order valence-corrected chi connectivity index (χ2v) is 6.78. The Kier molecular flexibility index (Phi) is 3.91. The van der Waals surface area contributed by atoms with Crippen molar-refractivity contribution in [1.82, 2.24) is 4.72 Å². The first-order valence-corrected chi connectivity index (χ1v) is 7.93. The number of sulfonamides is 1. The number of guanidine groups is 1. The largest absolute Gasteiger partial charge is 0.480 e. The SMILES string of the molecule is CC(N=C1Nc2ccc(C(C)C)cc2S(=O)(=O)N1)C(=O)O. The summed E-state index contributed by atoms with van der Waals surface area (Å²) >= 11 is 0. The van der Waals surface area contributed by atoms with Crippen LogP contribution in [0.4, 0.5) is 5.69 Å². The predicted octanol–water partition coefficient (Wildman–Crippen LogP) is 1.34. The molecule has 0 saturated carbocycles. The minimum atomic E-state index is -3.75. The first-order valence-electron chi connectivity index (χ1n) is 6.45. The van der Waals surface area contributed by atoms with Crippen molar-refractivity contribution in [1.29, 1.82) is 0 Å². The lowest BCUT2D eigenvalue weighted by Gasteiger charge is -2.23. The van der Waals surface area contributed by atoms with Gasteiger partial charge in [-0.1, -0.05) is 19.9 Å². The molecule has 3 N–H and O–H groups in total. The Balaban J connectivity index is 2.44. The Hall–Kier alpha value is -2.09. The summed E-state index contributed by atoms with van der Waals surface area (Å²) in [6.45, 7) is 5.31. The van der Waals surface area contributed by atoms with Crippen LogP contribution in [0.3, 0.4) is 0 Å². The normalized spacial score (nSPS) is 19.5. The van der Waals surface area contributed by atoms with E-state index in [0.717, 1.165) is 5.56 Å². The Bertz CT molecular complexity index is 710. The molecule has 0 radical (unpaired) electrons. The second-order valence-electron chi connectivity index (χ2n) is 5.13. The molecule has 21 heavy (non-hydrogen) atoms. The molecule has 1 aliphatic heterocycles. The Morgan fingerprint density at radius 1 is 1.29 bits per heavy atom. The maximum absolute atomic E-state index is 12.2. The number of carboxylic acid groups (broad SMARTS) is 1. The van der Waals surface area contributed by atoms with E-state index in [1.165, 1.54) is 6.92 Å². The van der Waals surface area contributed by atoms with Crippen LogP contribution in [0.15, 0.2) is 28.1 Å². The van der Waals surface area contributed by atoms with Gasteiger partial charge in [0.25, 0.3) is 10.0 Å². The molecule has 0 spiro atoms. The third-order valence-electron chi connectivity index (χ3n) is 3.13. The van der Waals surface area contributed by atoms with Gasteiger partial charge in [-0.3, -0.25) is 0 Å². The van der Waals surface area contributed by atoms with E-state index in [9.17, 15) is 13.2 Å². The lowest BCUT2D eigenvalue weighted by atomic mass is 10.0. The average Bonchev–Trinajstić information content (AvgIpc) is 2.37. The highest BCUT2D eigenvalue weighted by molar-refractivity contribution is 7.90. The first kappa shape index (κ1) is 15.3. The number of nitrogens with zero attached hydrogens (tertiary/aromatic N) is 1. The fourth-order valence-corrected chi connectivity index (χ4v) is 3.03. The fourth-order valence-electron chi connectivity index (χ4n) is 1.87. The molecule has 1 aromatic carbocycles. The van der Waals surface area contributed by atoms with E-state index in [0.29, 0.717) is 5.69 Å². The van der Waals surface area contributed by atoms with Gasteiger partial charge >= 0.3 is 5.97 Å². The van der Waals surface area contributed by atoms with Crippen molar-refractivity contribution in [2.75, 3.05) is 5.32 Å². The van der Waals surface area contributed by atoms with E-state index in [2.05, 4.69) is 15.0 Å². The van der Waals surface area contributed by atoms with Gasteiger partial charge in [0.2, 0.25) is 5.96 Å². The summed E-state index contributed by atoms with van der Waals surface area (Å²) < 4.78 is 26.7. The highest BCUT2D eigenvalue weighted by atomic mass is 32.2. The quantitative estimate of drug-likeness (QED) is 0.781. The van der Waals surface area contributed by atoms with Crippen LogP contribution in [0.2, 0.25) is 0 Å². The molecule has 0 amide bonds. The van der Waals surface area contributed by atoms with Crippen LogP contribution in [0, 0.1) is 0 Å². The average molecular weight is 311 g/mol. The van der Waals surface area contributed by atoms with E-state index in [-0.39, 0.29) is 16.8 Å². The molecule has 2 rings (SSSR count). The second kappa shape index (κ2) is 5.36. The molecule has 0 bridgehead atoms. The van der Waals surface area contributed by atoms with E-state index in [1.54, 1.807) is 12.1 Å². The van der Waals surface area contributed by atoms with Gasteiger partial charge in [0, 0.05) is 0 Å². The molecular weight excluding hydrogens is 294 g/mol. The number of carbonyl (C=O) groups is 1. The summed E-state index contributed by atoms with van der Waals surface area (Å²) in [6.07, 6.45) is 0. The number of carboxylic acids is 1. The van der Waals surface area contributed by atoms with Gasteiger partial charge in [-0.15, -0.1) is 0 Å². The predicted molar refractivity (Wildman–Crippen MR) is 79.0 cm³/mol. The molecule has 7 nitrogen and oxygen atoms in total. The third-order valence-corrected chi connectivity index (χ3v) is 4.50.